The summed E-state index contributed by atoms with van der Waals surface area (Å²) in [5, 5.41) is 48.8. The summed E-state index contributed by atoms with van der Waals surface area (Å²) in [6, 6.07) is 11.6. The number of aromatic hydroxyl groups is 1. The lowest BCUT2D eigenvalue weighted by Crippen LogP contribution is -2.60. The van der Waals surface area contributed by atoms with E-state index < -0.39 is 49.4 Å². The largest absolute Gasteiger partial charge is 0.507 e. The summed E-state index contributed by atoms with van der Waals surface area (Å²) in [5.41, 5.74) is 1.65. The van der Waals surface area contributed by atoms with Gasteiger partial charge < -0.3 is 39.7 Å². The molecule has 0 amide bonds. The molecule has 0 spiro atoms. The minimum Gasteiger partial charge on any atom is -0.507 e. The molecule has 1 saturated heterocycles. The highest BCUT2D eigenvalue weighted by Gasteiger charge is 2.44. The number of aliphatic hydroxyl groups is 4. The first-order valence-electron chi connectivity index (χ1n) is 9.48. The van der Waals surface area contributed by atoms with E-state index in [9.17, 15) is 30.3 Å². The summed E-state index contributed by atoms with van der Waals surface area (Å²) in [6.45, 7) is -0.541. The molecule has 4 rings (SSSR count). The average molecular weight is 418 g/mol. The number of phenolic OH excluding ortho intramolecular Hbond substituents is 1. The fraction of sp³-hybridized carbons (Fsp3) is 0.381. The van der Waals surface area contributed by atoms with Gasteiger partial charge in [-0.05, 0) is 23.8 Å². The molecule has 2 aromatic carbocycles. The molecule has 2 aliphatic rings. The summed E-state index contributed by atoms with van der Waals surface area (Å²) in [7, 11) is 0. The molecule has 6 atom stereocenters. The van der Waals surface area contributed by atoms with Crippen molar-refractivity contribution in [3.8, 4) is 11.5 Å². The van der Waals surface area contributed by atoms with Crippen molar-refractivity contribution in [2.24, 2.45) is 0 Å². The van der Waals surface area contributed by atoms with Gasteiger partial charge in [0.2, 0.25) is 6.29 Å². The van der Waals surface area contributed by atoms with Crippen molar-refractivity contribution in [2.45, 2.75) is 43.2 Å². The summed E-state index contributed by atoms with van der Waals surface area (Å²) in [5.74, 6) is -0.330. The summed E-state index contributed by atoms with van der Waals surface area (Å²) >= 11 is 0. The van der Waals surface area contributed by atoms with Gasteiger partial charge in [-0.15, -0.1) is 0 Å². The quantitative estimate of drug-likeness (QED) is 0.424. The first-order chi connectivity index (χ1) is 14.4. The molecule has 0 unspecified atom stereocenters. The number of fused-ring (bicyclic) bond motifs is 1. The maximum Gasteiger partial charge on any atom is 0.342 e. The summed E-state index contributed by atoms with van der Waals surface area (Å²) < 4.78 is 16.3. The first kappa shape index (κ1) is 20.6. The van der Waals surface area contributed by atoms with E-state index in [1.165, 1.54) is 6.07 Å². The lowest BCUT2D eigenvalue weighted by Gasteiger charge is -2.39. The van der Waals surface area contributed by atoms with Crippen molar-refractivity contribution in [3.63, 3.8) is 0 Å². The molecule has 9 heteroatoms. The van der Waals surface area contributed by atoms with Crippen LogP contribution in [-0.2, 0) is 15.9 Å². The Labute approximate surface area is 171 Å². The number of hydrogen-bond donors (Lipinski definition) is 5. The molecule has 0 radical (unpaired) electrons. The second kappa shape index (κ2) is 8.21. The topological polar surface area (TPSA) is 146 Å². The Morgan fingerprint density at radius 3 is 2.40 bits per heavy atom. The van der Waals surface area contributed by atoms with Crippen LogP contribution in [0.1, 0.15) is 27.6 Å². The number of rotatable bonds is 5. The van der Waals surface area contributed by atoms with Gasteiger partial charge in [0, 0.05) is 12.0 Å². The van der Waals surface area contributed by atoms with Gasteiger partial charge in [-0.25, -0.2) is 4.79 Å². The van der Waals surface area contributed by atoms with Gasteiger partial charge in [0.05, 0.1) is 6.61 Å². The third-order valence-electron chi connectivity index (χ3n) is 5.32. The predicted octanol–water partition coefficient (Wildman–Crippen LogP) is 0.0251. The van der Waals surface area contributed by atoms with Crippen molar-refractivity contribution < 1.29 is 44.5 Å². The molecule has 1 fully saturated rings. The van der Waals surface area contributed by atoms with E-state index in [2.05, 4.69) is 0 Å². The van der Waals surface area contributed by atoms with E-state index in [-0.39, 0.29) is 11.3 Å². The van der Waals surface area contributed by atoms with Crippen molar-refractivity contribution >= 4 is 5.97 Å². The molecule has 2 aromatic rings. The fourth-order valence-electron chi connectivity index (χ4n) is 3.67. The monoisotopic (exact) mass is 418 g/mol. The van der Waals surface area contributed by atoms with Gasteiger partial charge in [0.25, 0.3) is 0 Å². The SMILES string of the molecule is O=C1O[C@@H](Cc2ccc(O[C@@H]3O[C@H](CO)[C@@H](O)[C@H](O)[C@H]3O)cc2)c2cccc(O)c21. The third-order valence-corrected chi connectivity index (χ3v) is 5.32. The maximum atomic E-state index is 12.0. The van der Waals surface area contributed by atoms with E-state index in [4.69, 9.17) is 14.2 Å². The smallest absolute Gasteiger partial charge is 0.342 e. The number of cyclic esters (lactones) is 1. The van der Waals surface area contributed by atoms with Crippen molar-refractivity contribution in [1.82, 2.24) is 0 Å². The van der Waals surface area contributed by atoms with Crippen LogP contribution in [0.5, 0.6) is 11.5 Å². The Balaban J connectivity index is 1.43. The van der Waals surface area contributed by atoms with Crippen LogP contribution < -0.4 is 4.74 Å². The van der Waals surface area contributed by atoms with Crippen molar-refractivity contribution in [2.75, 3.05) is 6.61 Å². The van der Waals surface area contributed by atoms with E-state index in [1.54, 1.807) is 36.4 Å². The molecule has 160 valence electrons. The Morgan fingerprint density at radius 2 is 1.70 bits per heavy atom. The van der Waals surface area contributed by atoms with Crippen LogP contribution in [0.3, 0.4) is 0 Å². The molecule has 0 saturated carbocycles. The number of carbonyl (C=O) groups is 1. The predicted molar refractivity (Wildman–Crippen MR) is 101 cm³/mol. The van der Waals surface area contributed by atoms with E-state index in [0.717, 1.165) is 5.56 Å². The zero-order chi connectivity index (χ0) is 21.4. The number of phenols is 1. The Hall–Kier alpha value is -2.69. The molecule has 0 bridgehead atoms. The van der Waals surface area contributed by atoms with Gasteiger partial charge >= 0.3 is 5.97 Å². The third kappa shape index (κ3) is 3.73. The normalized spacial score (nSPS) is 30.6. The Kier molecular flexibility index (Phi) is 5.63. The van der Waals surface area contributed by atoms with E-state index in [0.29, 0.717) is 17.7 Å². The second-order valence-corrected chi connectivity index (χ2v) is 7.30. The molecule has 9 nitrogen and oxygen atoms in total. The summed E-state index contributed by atoms with van der Waals surface area (Å²) in [4.78, 5) is 12.0. The first-order valence-corrected chi connectivity index (χ1v) is 9.48. The molecule has 5 N–H and O–H groups in total. The van der Waals surface area contributed by atoms with Crippen LogP contribution in [0.4, 0.5) is 0 Å². The highest BCUT2D eigenvalue weighted by molar-refractivity contribution is 5.96. The van der Waals surface area contributed by atoms with Crippen LogP contribution in [0, 0.1) is 0 Å². The van der Waals surface area contributed by atoms with Gasteiger partial charge in [0.15, 0.2) is 0 Å². The molecule has 2 heterocycles. The zero-order valence-electron chi connectivity index (χ0n) is 15.8. The molecular weight excluding hydrogens is 396 g/mol. The Bertz CT molecular complexity index is 911. The number of hydrogen-bond acceptors (Lipinski definition) is 9. The standard InChI is InChI=1S/C21H22O9/c22-9-15-17(24)18(25)19(26)21(30-15)28-11-6-4-10(5-7-11)8-14-12-2-1-3-13(23)16(12)20(27)29-14/h1-7,14-15,17-19,21-26H,8-9H2/t14-,15+,17+,18-,19+,21+/m0/s1. The fourth-order valence-corrected chi connectivity index (χ4v) is 3.67. The van der Waals surface area contributed by atoms with Crippen LogP contribution >= 0.6 is 0 Å². The summed E-state index contributed by atoms with van der Waals surface area (Å²) in [6.07, 6.45) is -6.92. The van der Waals surface area contributed by atoms with Crippen LogP contribution in [0.15, 0.2) is 42.5 Å². The Morgan fingerprint density at radius 1 is 0.967 bits per heavy atom. The van der Waals surface area contributed by atoms with E-state index in [1.807, 2.05) is 0 Å². The van der Waals surface area contributed by atoms with Crippen LogP contribution in [0.2, 0.25) is 0 Å². The lowest BCUT2D eigenvalue weighted by atomic mass is 9.98. The van der Waals surface area contributed by atoms with Crippen molar-refractivity contribution in [3.05, 3.63) is 59.2 Å². The van der Waals surface area contributed by atoms with Gasteiger partial charge in [-0.3, -0.25) is 0 Å². The lowest BCUT2D eigenvalue weighted by molar-refractivity contribution is -0.277. The molecule has 2 aliphatic heterocycles. The highest BCUT2D eigenvalue weighted by atomic mass is 16.7. The number of benzene rings is 2. The highest BCUT2D eigenvalue weighted by Crippen LogP contribution is 2.37. The van der Waals surface area contributed by atoms with Gasteiger partial charge in [-0.1, -0.05) is 24.3 Å². The minimum absolute atomic E-state index is 0.108. The van der Waals surface area contributed by atoms with Crippen LogP contribution in [0.25, 0.3) is 0 Å². The molecule has 0 aliphatic carbocycles. The molecular formula is C21H22O9. The average Bonchev–Trinajstić information content (AvgIpc) is 3.06. The maximum absolute atomic E-state index is 12.0. The van der Waals surface area contributed by atoms with Gasteiger partial charge in [-0.2, -0.15) is 0 Å². The zero-order valence-corrected chi connectivity index (χ0v) is 15.8. The van der Waals surface area contributed by atoms with Crippen LogP contribution in [-0.4, -0.2) is 68.8 Å². The van der Waals surface area contributed by atoms with E-state index >= 15 is 0 Å². The second-order valence-electron chi connectivity index (χ2n) is 7.30. The number of esters is 1. The van der Waals surface area contributed by atoms with Gasteiger partial charge in [0.1, 0.15) is 47.6 Å². The number of carbonyl (C=O) groups excluding carboxylic acids is 1. The number of aliphatic hydroxyl groups excluding tert-OH is 4. The van der Waals surface area contributed by atoms with Crippen molar-refractivity contribution in [1.29, 1.82) is 0 Å². The molecule has 30 heavy (non-hydrogen) atoms. The molecule has 0 aromatic heterocycles. The number of ether oxygens (including phenoxy) is 3. The minimum atomic E-state index is -1.52.